The van der Waals surface area contributed by atoms with Crippen LogP contribution >= 0.6 is 23.1 Å². The molecule has 132 valence electrons. The van der Waals surface area contributed by atoms with Crippen molar-refractivity contribution in [3.63, 3.8) is 0 Å². The Morgan fingerprint density at radius 1 is 1.38 bits per heavy atom. The van der Waals surface area contributed by atoms with Crippen molar-refractivity contribution in [2.24, 2.45) is 11.7 Å². The van der Waals surface area contributed by atoms with Gasteiger partial charge in [0.25, 0.3) is 0 Å². The largest absolute Gasteiger partial charge is 0.469 e. The van der Waals surface area contributed by atoms with Crippen molar-refractivity contribution < 1.29 is 19.1 Å². The second kappa shape index (κ2) is 8.48. The first kappa shape index (κ1) is 18.7. The number of nitrogens with zero attached hydrogens (tertiary/aromatic N) is 2. The molecular formula is C15H21N3O4S2. The van der Waals surface area contributed by atoms with Crippen LogP contribution in [0.15, 0.2) is 4.34 Å². The van der Waals surface area contributed by atoms with E-state index in [4.69, 9.17) is 10.5 Å². The molecule has 2 heterocycles. The van der Waals surface area contributed by atoms with E-state index in [1.807, 2.05) is 6.92 Å². The lowest BCUT2D eigenvalue weighted by Crippen LogP contribution is -2.41. The number of thioether (sulfide) groups is 1. The fraction of sp³-hybridized carbons (Fsp3) is 0.600. The molecule has 0 aromatic carbocycles. The van der Waals surface area contributed by atoms with Crippen molar-refractivity contribution in [3.05, 3.63) is 10.6 Å². The molecule has 9 heteroatoms. The lowest BCUT2D eigenvalue weighted by molar-refractivity contribution is -0.148. The van der Waals surface area contributed by atoms with E-state index in [9.17, 15) is 14.4 Å². The number of piperidine rings is 1. The number of primary amides is 1. The molecule has 1 aliphatic heterocycles. The number of hydrogen-bond acceptors (Lipinski definition) is 7. The van der Waals surface area contributed by atoms with Crippen LogP contribution < -0.4 is 5.73 Å². The minimum Gasteiger partial charge on any atom is -0.469 e. The summed E-state index contributed by atoms with van der Waals surface area (Å²) < 4.78 is 5.51. The van der Waals surface area contributed by atoms with Crippen molar-refractivity contribution in [2.45, 2.75) is 30.5 Å². The number of esters is 1. The molecule has 0 bridgehead atoms. The standard InChI is InChI=1S/C15H21N3O4S2/c1-9-11(7-12(16)19)24-15(17-9)23-8-13(20)18-5-3-10(4-6-18)14(21)22-2/h10H,3-8H2,1-2H3,(H2,16,19). The number of ether oxygens (including phenoxy) is 1. The number of hydrogen-bond donors (Lipinski definition) is 1. The van der Waals surface area contributed by atoms with E-state index in [1.54, 1.807) is 4.90 Å². The fourth-order valence-corrected chi connectivity index (χ4v) is 4.68. The Labute approximate surface area is 148 Å². The number of aromatic nitrogens is 1. The first-order valence-corrected chi connectivity index (χ1v) is 9.44. The summed E-state index contributed by atoms with van der Waals surface area (Å²) in [6, 6.07) is 0. The highest BCUT2D eigenvalue weighted by molar-refractivity contribution is 8.01. The number of likely N-dealkylation sites (tertiary alicyclic amines) is 1. The zero-order chi connectivity index (χ0) is 17.7. The molecule has 2 rings (SSSR count). The van der Waals surface area contributed by atoms with E-state index < -0.39 is 0 Å². The summed E-state index contributed by atoms with van der Waals surface area (Å²) in [4.78, 5) is 41.8. The Hall–Kier alpha value is -1.61. The third kappa shape index (κ3) is 4.94. The van der Waals surface area contributed by atoms with Crippen LogP contribution in [0.4, 0.5) is 0 Å². The van der Waals surface area contributed by atoms with Gasteiger partial charge in [0.15, 0.2) is 4.34 Å². The molecule has 24 heavy (non-hydrogen) atoms. The van der Waals surface area contributed by atoms with Crippen molar-refractivity contribution in [1.29, 1.82) is 0 Å². The molecule has 0 spiro atoms. The average molecular weight is 371 g/mol. The van der Waals surface area contributed by atoms with E-state index in [-0.39, 0.29) is 30.1 Å². The SMILES string of the molecule is COC(=O)C1CCN(C(=O)CSc2nc(C)c(CC(N)=O)s2)CC1. The van der Waals surface area contributed by atoms with E-state index in [1.165, 1.54) is 30.2 Å². The first-order valence-electron chi connectivity index (χ1n) is 7.63. The minimum atomic E-state index is -0.386. The first-order chi connectivity index (χ1) is 11.4. The van der Waals surface area contributed by atoms with Crippen LogP contribution in [-0.4, -0.2) is 53.6 Å². The van der Waals surface area contributed by atoms with Gasteiger partial charge in [-0.25, -0.2) is 4.98 Å². The number of carbonyl (C=O) groups is 3. The molecule has 1 aromatic rings. The molecule has 1 saturated heterocycles. The Morgan fingerprint density at radius 2 is 2.04 bits per heavy atom. The predicted octanol–water partition coefficient (Wildman–Crippen LogP) is 0.983. The number of methoxy groups -OCH3 is 1. The van der Waals surface area contributed by atoms with Crippen LogP contribution in [0.1, 0.15) is 23.4 Å². The third-order valence-electron chi connectivity index (χ3n) is 3.91. The highest BCUT2D eigenvalue weighted by atomic mass is 32.2. The van der Waals surface area contributed by atoms with Gasteiger partial charge >= 0.3 is 5.97 Å². The van der Waals surface area contributed by atoms with Gasteiger partial charge in [0, 0.05) is 18.0 Å². The van der Waals surface area contributed by atoms with Gasteiger partial charge in [0.2, 0.25) is 11.8 Å². The van der Waals surface area contributed by atoms with Crippen LogP contribution in [0.3, 0.4) is 0 Å². The van der Waals surface area contributed by atoms with E-state index in [0.717, 1.165) is 14.9 Å². The number of thiazole rings is 1. The topological polar surface area (TPSA) is 103 Å². The maximum atomic E-state index is 12.3. The third-order valence-corrected chi connectivity index (χ3v) is 6.19. The molecule has 0 radical (unpaired) electrons. The van der Waals surface area contributed by atoms with Crippen LogP contribution in [0, 0.1) is 12.8 Å². The minimum absolute atomic E-state index is 0.0348. The summed E-state index contributed by atoms with van der Waals surface area (Å²) in [6.45, 7) is 2.98. The van der Waals surface area contributed by atoms with Crippen molar-refractivity contribution >= 4 is 40.9 Å². The number of carbonyl (C=O) groups excluding carboxylic acids is 3. The maximum absolute atomic E-state index is 12.3. The summed E-state index contributed by atoms with van der Waals surface area (Å²) in [7, 11) is 1.39. The second-order valence-electron chi connectivity index (χ2n) is 5.60. The lowest BCUT2D eigenvalue weighted by atomic mass is 9.97. The summed E-state index contributed by atoms with van der Waals surface area (Å²) in [5.41, 5.74) is 5.99. The van der Waals surface area contributed by atoms with Gasteiger partial charge in [-0.2, -0.15) is 0 Å². The fourth-order valence-electron chi connectivity index (χ4n) is 2.53. The molecule has 0 aliphatic carbocycles. The molecule has 7 nitrogen and oxygen atoms in total. The van der Waals surface area contributed by atoms with Crippen molar-refractivity contribution in [1.82, 2.24) is 9.88 Å². The average Bonchev–Trinajstić information content (AvgIpc) is 2.91. The van der Waals surface area contributed by atoms with Gasteiger partial charge in [-0.3, -0.25) is 14.4 Å². The quantitative estimate of drug-likeness (QED) is 0.591. The van der Waals surface area contributed by atoms with Gasteiger partial charge in [-0.1, -0.05) is 11.8 Å². The maximum Gasteiger partial charge on any atom is 0.308 e. The van der Waals surface area contributed by atoms with Gasteiger partial charge in [-0.15, -0.1) is 11.3 Å². The summed E-state index contributed by atoms with van der Waals surface area (Å²) in [5, 5.41) is 0. The molecule has 0 atom stereocenters. The van der Waals surface area contributed by atoms with E-state index >= 15 is 0 Å². The summed E-state index contributed by atoms with van der Waals surface area (Å²) >= 11 is 2.77. The Morgan fingerprint density at radius 3 is 2.62 bits per heavy atom. The molecule has 0 unspecified atom stereocenters. The van der Waals surface area contributed by atoms with E-state index in [2.05, 4.69) is 4.98 Å². The Kier molecular flexibility index (Phi) is 6.61. The zero-order valence-corrected chi connectivity index (χ0v) is 15.4. The number of nitrogens with two attached hydrogens (primary N) is 1. The molecule has 2 amide bonds. The van der Waals surface area contributed by atoms with Crippen LogP contribution in [0.5, 0.6) is 0 Å². The lowest BCUT2D eigenvalue weighted by Gasteiger charge is -2.30. The smallest absolute Gasteiger partial charge is 0.308 e. The molecule has 2 N–H and O–H groups in total. The summed E-state index contributed by atoms with van der Waals surface area (Å²) in [6.07, 6.45) is 1.46. The number of rotatable bonds is 6. The molecule has 1 fully saturated rings. The van der Waals surface area contributed by atoms with E-state index in [0.29, 0.717) is 31.7 Å². The summed E-state index contributed by atoms with van der Waals surface area (Å²) in [5.74, 6) is -0.358. The highest BCUT2D eigenvalue weighted by Crippen LogP contribution is 2.28. The molecule has 0 saturated carbocycles. The molecule has 1 aliphatic rings. The Balaban J connectivity index is 1.81. The van der Waals surface area contributed by atoms with Gasteiger partial charge in [-0.05, 0) is 19.8 Å². The highest BCUT2D eigenvalue weighted by Gasteiger charge is 2.27. The second-order valence-corrected chi connectivity index (χ2v) is 7.90. The number of amides is 2. The van der Waals surface area contributed by atoms with Gasteiger partial charge in [0.05, 0.1) is 30.9 Å². The Bertz CT molecular complexity index is 624. The van der Waals surface area contributed by atoms with Crippen molar-refractivity contribution in [3.8, 4) is 0 Å². The van der Waals surface area contributed by atoms with Crippen LogP contribution in [-0.2, 0) is 25.5 Å². The van der Waals surface area contributed by atoms with Crippen molar-refractivity contribution in [2.75, 3.05) is 26.0 Å². The van der Waals surface area contributed by atoms with Crippen LogP contribution in [0.25, 0.3) is 0 Å². The zero-order valence-electron chi connectivity index (χ0n) is 13.7. The molecule has 1 aromatic heterocycles. The van der Waals surface area contributed by atoms with Crippen LogP contribution in [0.2, 0.25) is 0 Å². The number of aryl methyl sites for hydroxylation is 1. The molecular weight excluding hydrogens is 350 g/mol. The predicted molar refractivity (Wildman–Crippen MR) is 91.8 cm³/mol. The van der Waals surface area contributed by atoms with Gasteiger partial charge in [0.1, 0.15) is 0 Å². The normalized spacial score (nSPS) is 15.3. The van der Waals surface area contributed by atoms with Gasteiger partial charge < -0.3 is 15.4 Å². The monoisotopic (exact) mass is 371 g/mol.